The molecule has 2 aromatic rings. The van der Waals surface area contributed by atoms with Gasteiger partial charge in [-0.3, -0.25) is 19.2 Å². The number of hydrogen-bond donors (Lipinski definition) is 0. The van der Waals surface area contributed by atoms with Gasteiger partial charge in [-0.05, 0) is 36.8 Å². The van der Waals surface area contributed by atoms with Crippen molar-refractivity contribution >= 4 is 46.7 Å². The molecular weight excluding hydrogens is 431 g/mol. The molecule has 1 aliphatic rings. The van der Waals surface area contributed by atoms with Crippen molar-refractivity contribution in [2.75, 3.05) is 13.7 Å². The minimum Gasteiger partial charge on any atom is -0.497 e. The number of halogens is 2. The topological polar surface area (TPSA) is 84.0 Å². The van der Waals surface area contributed by atoms with Gasteiger partial charge in [-0.1, -0.05) is 35.3 Å². The zero-order chi connectivity index (χ0) is 21.8. The van der Waals surface area contributed by atoms with Crippen LogP contribution in [0.15, 0.2) is 42.5 Å². The minimum absolute atomic E-state index is 0.0917. The van der Waals surface area contributed by atoms with E-state index in [1.165, 1.54) is 31.4 Å². The molecular formula is C21H18Cl2N2O5. The van der Waals surface area contributed by atoms with Crippen LogP contribution in [0.3, 0.4) is 0 Å². The van der Waals surface area contributed by atoms with E-state index in [4.69, 9.17) is 27.9 Å². The summed E-state index contributed by atoms with van der Waals surface area (Å²) in [4.78, 5) is 51.0. The fourth-order valence-corrected chi connectivity index (χ4v) is 3.34. The maximum Gasteiger partial charge on any atom is 0.273 e. The number of hydrazine groups is 1. The lowest BCUT2D eigenvalue weighted by Gasteiger charge is -2.35. The lowest BCUT2D eigenvalue weighted by atomic mass is 10.1. The number of methoxy groups -OCH3 is 1. The first-order valence-electron chi connectivity index (χ1n) is 9.11. The van der Waals surface area contributed by atoms with E-state index < -0.39 is 30.0 Å². The number of carbonyl (C=O) groups excluding carboxylic acids is 4. The smallest absolute Gasteiger partial charge is 0.273 e. The Labute approximate surface area is 183 Å². The largest absolute Gasteiger partial charge is 0.497 e. The van der Waals surface area contributed by atoms with Crippen molar-refractivity contribution in [2.45, 2.75) is 19.3 Å². The van der Waals surface area contributed by atoms with Gasteiger partial charge in [0.25, 0.3) is 5.91 Å². The number of piperidine rings is 1. The van der Waals surface area contributed by atoms with E-state index >= 15 is 0 Å². The summed E-state index contributed by atoms with van der Waals surface area (Å²) >= 11 is 11.9. The molecule has 1 heterocycles. The summed E-state index contributed by atoms with van der Waals surface area (Å²) in [6, 6.07) is 10.6. The lowest BCUT2D eigenvalue weighted by molar-refractivity contribution is -0.162. The first-order valence-corrected chi connectivity index (χ1v) is 9.87. The molecule has 9 heteroatoms. The quantitative estimate of drug-likeness (QED) is 0.495. The van der Waals surface area contributed by atoms with Gasteiger partial charge in [0.1, 0.15) is 12.3 Å². The van der Waals surface area contributed by atoms with Gasteiger partial charge < -0.3 is 4.74 Å². The van der Waals surface area contributed by atoms with Crippen molar-refractivity contribution in [3.05, 3.63) is 63.6 Å². The highest BCUT2D eigenvalue weighted by Crippen LogP contribution is 2.25. The zero-order valence-electron chi connectivity index (χ0n) is 16.1. The fourth-order valence-electron chi connectivity index (χ4n) is 3.05. The number of nitrogens with zero attached hydrogens (tertiary/aromatic N) is 2. The van der Waals surface area contributed by atoms with Crippen LogP contribution in [0.2, 0.25) is 10.0 Å². The number of ketones is 1. The molecule has 1 aliphatic heterocycles. The molecule has 0 aromatic heterocycles. The van der Waals surface area contributed by atoms with Crippen molar-refractivity contribution in [1.29, 1.82) is 0 Å². The van der Waals surface area contributed by atoms with Crippen LogP contribution in [0.25, 0.3) is 0 Å². The first-order chi connectivity index (χ1) is 14.3. The second kappa shape index (κ2) is 9.28. The summed E-state index contributed by atoms with van der Waals surface area (Å²) in [6.07, 6.45) is 0.599. The van der Waals surface area contributed by atoms with Gasteiger partial charge in [-0.15, -0.1) is 0 Å². The first kappa shape index (κ1) is 21.8. The van der Waals surface area contributed by atoms with Crippen LogP contribution in [0.5, 0.6) is 5.75 Å². The normalized spacial score (nSPS) is 13.9. The number of benzene rings is 2. The van der Waals surface area contributed by atoms with Crippen LogP contribution in [0, 0.1) is 0 Å². The van der Waals surface area contributed by atoms with Crippen molar-refractivity contribution in [2.24, 2.45) is 0 Å². The van der Waals surface area contributed by atoms with Gasteiger partial charge >= 0.3 is 0 Å². The standard InChI is InChI=1S/C21H18Cl2N2O5/c1-30-15-5-2-4-13(10-15)18(26)12-24(25-19(27)6-3-7-20(25)28)21(29)14-8-9-16(22)17(23)11-14/h2,4-5,8-11H,3,6-7,12H2,1H3. The predicted molar refractivity (Wildman–Crippen MR) is 111 cm³/mol. The Kier molecular flexibility index (Phi) is 6.74. The minimum atomic E-state index is -0.714. The summed E-state index contributed by atoms with van der Waals surface area (Å²) in [7, 11) is 1.47. The molecule has 1 fully saturated rings. The molecule has 30 heavy (non-hydrogen) atoms. The Balaban J connectivity index is 1.97. The molecule has 7 nitrogen and oxygen atoms in total. The number of carbonyl (C=O) groups is 4. The molecule has 0 unspecified atom stereocenters. The second-order valence-electron chi connectivity index (χ2n) is 6.60. The molecule has 0 atom stereocenters. The Morgan fingerprint density at radius 2 is 1.70 bits per heavy atom. The molecule has 3 amide bonds. The summed E-state index contributed by atoms with van der Waals surface area (Å²) in [5.74, 6) is -1.80. The second-order valence-corrected chi connectivity index (χ2v) is 7.41. The van der Waals surface area contributed by atoms with Crippen molar-refractivity contribution in [1.82, 2.24) is 10.0 Å². The Morgan fingerprint density at radius 1 is 1.00 bits per heavy atom. The van der Waals surface area contributed by atoms with Crippen LogP contribution < -0.4 is 4.74 Å². The van der Waals surface area contributed by atoms with Gasteiger partial charge in [-0.2, -0.15) is 5.01 Å². The van der Waals surface area contributed by atoms with Crippen molar-refractivity contribution < 1.29 is 23.9 Å². The third-order valence-corrected chi connectivity index (χ3v) is 5.32. The molecule has 0 spiro atoms. The van der Waals surface area contributed by atoms with Crippen LogP contribution in [-0.4, -0.2) is 47.2 Å². The van der Waals surface area contributed by atoms with E-state index in [1.807, 2.05) is 0 Å². The number of ether oxygens (including phenoxy) is 1. The Hall–Kier alpha value is -2.90. The third kappa shape index (κ3) is 4.63. The Bertz CT molecular complexity index is 1010. The molecule has 0 bridgehead atoms. The highest BCUT2D eigenvalue weighted by Gasteiger charge is 2.36. The van der Waals surface area contributed by atoms with Gasteiger partial charge in [0, 0.05) is 24.0 Å². The van der Waals surface area contributed by atoms with E-state index in [9.17, 15) is 19.2 Å². The average Bonchev–Trinajstić information content (AvgIpc) is 2.74. The molecule has 0 saturated carbocycles. The molecule has 0 N–H and O–H groups in total. The monoisotopic (exact) mass is 448 g/mol. The van der Waals surface area contributed by atoms with Crippen LogP contribution in [0.1, 0.15) is 40.0 Å². The molecule has 1 saturated heterocycles. The molecule has 156 valence electrons. The molecule has 2 aromatic carbocycles. The summed E-state index contributed by atoms with van der Waals surface area (Å²) < 4.78 is 5.12. The summed E-state index contributed by atoms with van der Waals surface area (Å²) in [5.41, 5.74) is 0.368. The van der Waals surface area contributed by atoms with E-state index in [2.05, 4.69) is 0 Å². The van der Waals surface area contributed by atoms with Gasteiger partial charge in [0.15, 0.2) is 5.78 Å². The highest BCUT2D eigenvalue weighted by molar-refractivity contribution is 6.42. The Morgan fingerprint density at radius 3 is 2.33 bits per heavy atom. The number of imide groups is 1. The van der Waals surface area contributed by atoms with E-state index in [1.54, 1.807) is 18.2 Å². The maximum absolute atomic E-state index is 13.2. The average molecular weight is 449 g/mol. The highest BCUT2D eigenvalue weighted by atomic mass is 35.5. The van der Waals surface area contributed by atoms with E-state index in [0.717, 1.165) is 10.0 Å². The maximum atomic E-state index is 13.2. The summed E-state index contributed by atoms with van der Waals surface area (Å²) in [6.45, 7) is -0.510. The van der Waals surface area contributed by atoms with Crippen LogP contribution in [-0.2, 0) is 9.59 Å². The SMILES string of the molecule is COc1cccc(C(=O)CN(C(=O)c2ccc(Cl)c(Cl)c2)N2C(=O)CCCC2=O)c1. The van der Waals surface area contributed by atoms with Crippen LogP contribution >= 0.6 is 23.2 Å². The van der Waals surface area contributed by atoms with E-state index in [-0.39, 0.29) is 34.0 Å². The molecule has 0 aliphatic carbocycles. The summed E-state index contributed by atoms with van der Waals surface area (Å²) in [5, 5.41) is 2.01. The zero-order valence-corrected chi connectivity index (χ0v) is 17.6. The lowest BCUT2D eigenvalue weighted by Crippen LogP contribution is -2.56. The number of hydrogen-bond acceptors (Lipinski definition) is 5. The van der Waals surface area contributed by atoms with Crippen molar-refractivity contribution in [3.63, 3.8) is 0 Å². The van der Waals surface area contributed by atoms with Gasteiger partial charge in [-0.25, -0.2) is 5.01 Å². The number of rotatable bonds is 6. The molecule has 3 rings (SSSR count). The van der Waals surface area contributed by atoms with Gasteiger partial charge in [0.05, 0.1) is 17.2 Å². The fraction of sp³-hybridized carbons (Fsp3) is 0.238. The molecule has 0 radical (unpaired) electrons. The van der Waals surface area contributed by atoms with Crippen molar-refractivity contribution in [3.8, 4) is 5.75 Å². The number of Topliss-reactive ketones (excluding diaryl/α,β-unsaturated/α-hetero) is 1. The third-order valence-electron chi connectivity index (χ3n) is 4.58. The van der Waals surface area contributed by atoms with E-state index in [0.29, 0.717) is 12.2 Å². The number of amides is 3. The predicted octanol–water partition coefficient (Wildman–Crippen LogP) is 3.78. The van der Waals surface area contributed by atoms with Crippen LogP contribution in [0.4, 0.5) is 0 Å². The van der Waals surface area contributed by atoms with Gasteiger partial charge in [0.2, 0.25) is 11.8 Å².